The first-order valence-corrected chi connectivity index (χ1v) is 11.8. The maximum Gasteiger partial charge on any atom is 0.417 e. The summed E-state index contributed by atoms with van der Waals surface area (Å²) in [6, 6.07) is 19.8. The number of anilines is 2. The van der Waals surface area contributed by atoms with Crippen molar-refractivity contribution in [2.45, 2.75) is 4.90 Å². The Morgan fingerprint density at radius 2 is 1.71 bits per heavy atom. The van der Waals surface area contributed by atoms with E-state index < -0.39 is 6.09 Å². The van der Waals surface area contributed by atoms with Gasteiger partial charge in [-0.25, -0.2) is 14.8 Å². The smallest absolute Gasteiger partial charge is 0.410 e. The molecule has 9 heteroatoms. The minimum atomic E-state index is -0.574. The number of aromatic nitrogens is 3. The molecule has 4 rings (SSSR count). The first-order valence-electron chi connectivity index (χ1n) is 10.5. The second-order valence-corrected chi connectivity index (χ2v) is 7.89. The summed E-state index contributed by atoms with van der Waals surface area (Å²) in [6.07, 6.45) is 4.82. The SMILES string of the molecule is CSc1c(NCCO)nc(-c2ccc(NC(=O)Oc3ccccc3)cc2)nc1-c1ccncc1. The van der Waals surface area contributed by atoms with Gasteiger partial charge in [-0.3, -0.25) is 10.3 Å². The summed E-state index contributed by atoms with van der Waals surface area (Å²) in [5, 5.41) is 15.2. The fourth-order valence-electron chi connectivity index (χ4n) is 3.21. The summed E-state index contributed by atoms with van der Waals surface area (Å²) in [4.78, 5) is 26.7. The average Bonchev–Trinajstić information content (AvgIpc) is 2.88. The second-order valence-electron chi connectivity index (χ2n) is 7.07. The summed E-state index contributed by atoms with van der Waals surface area (Å²) in [7, 11) is 0. The number of aliphatic hydroxyl groups is 1. The highest BCUT2D eigenvalue weighted by molar-refractivity contribution is 7.98. The number of aliphatic hydroxyl groups excluding tert-OH is 1. The molecule has 0 aliphatic rings. The van der Waals surface area contributed by atoms with Crippen molar-refractivity contribution in [3.8, 4) is 28.4 Å². The summed E-state index contributed by atoms with van der Waals surface area (Å²) in [5.74, 6) is 1.63. The lowest BCUT2D eigenvalue weighted by Crippen LogP contribution is -2.16. The van der Waals surface area contributed by atoms with Crippen molar-refractivity contribution < 1.29 is 14.6 Å². The third-order valence-corrected chi connectivity index (χ3v) is 5.57. The lowest BCUT2D eigenvalue weighted by molar-refractivity contribution is 0.215. The quantitative estimate of drug-likeness (QED) is 0.309. The predicted octanol–water partition coefficient (Wildman–Crippen LogP) is 4.94. The Morgan fingerprint density at radius 1 is 0.971 bits per heavy atom. The van der Waals surface area contributed by atoms with Gasteiger partial charge in [0.1, 0.15) is 11.6 Å². The van der Waals surface area contributed by atoms with Crippen LogP contribution in [0.25, 0.3) is 22.6 Å². The van der Waals surface area contributed by atoms with Crippen molar-refractivity contribution in [1.29, 1.82) is 0 Å². The van der Waals surface area contributed by atoms with Crippen LogP contribution < -0.4 is 15.4 Å². The van der Waals surface area contributed by atoms with Crippen molar-refractivity contribution in [3.05, 3.63) is 79.1 Å². The summed E-state index contributed by atoms with van der Waals surface area (Å²) < 4.78 is 5.27. The molecule has 4 aromatic rings. The van der Waals surface area contributed by atoms with Crippen LogP contribution in [0.4, 0.5) is 16.3 Å². The zero-order valence-electron chi connectivity index (χ0n) is 18.4. The molecular weight excluding hydrogens is 450 g/mol. The molecule has 0 unspecified atom stereocenters. The third kappa shape index (κ3) is 5.69. The van der Waals surface area contributed by atoms with Gasteiger partial charge < -0.3 is 15.2 Å². The molecule has 2 heterocycles. The number of amides is 1. The standard InChI is InChI=1S/C25H23N5O3S/c1-34-22-21(17-11-13-26-14-12-17)29-23(30-24(22)27-15-16-31)18-7-9-19(10-8-18)28-25(32)33-20-5-3-2-4-6-20/h2-14,31H,15-16H2,1H3,(H,28,32)(H,27,29,30). The molecule has 1 amide bonds. The highest BCUT2D eigenvalue weighted by Crippen LogP contribution is 2.35. The van der Waals surface area contributed by atoms with Gasteiger partial charge in [0.25, 0.3) is 0 Å². The van der Waals surface area contributed by atoms with Crippen LogP contribution in [0.3, 0.4) is 0 Å². The third-order valence-electron chi connectivity index (χ3n) is 4.77. The largest absolute Gasteiger partial charge is 0.417 e. The molecule has 0 fully saturated rings. The Balaban J connectivity index is 1.61. The molecule has 0 bridgehead atoms. The number of nitrogens with one attached hydrogen (secondary N) is 2. The number of pyridine rings is 1. The van der Waals surface area contributed by atoms with Gasteiger partial charge in [-0.1, -0.05) is 18.2 Å². The monoisotopic (exact) mass is 473 g/mol. The summed E-state index contributed by atoms with van der Waals surface area (Å²) in [5.41, 5.74) is 3.04. The summed E-state index contributed by atoms with van der Waals surface area (Å²) in [6.45, 7) is 0.351. The number of thioether (sulfide) groups is 1. The van der Waals surface area contributed by atoms with Crippen LogP contribution in [0.2, 0.25) is 0 Å². The lowest BCUT2D eigenvalue weighted by atomic mass is 10.1. The number of hydrogen-bond donors (Lipinski definition) is 3. The molecule has 0 atom stereocenters. The van der Waals surface area contributed by atoms with E-state index in [0.717, 1.165) is 21.7 Å². The molecule has 0 saturated heterocycles. The number of nitrogens with zero attached hydrogens (tertiary/aromatic N) is 3. The molecule has 0 spiro atoms. The molecule has 3 N–H and O–H groups in total. The number of ether oxygens (including phenoxy) is 1. The normalized spacial score (nSPS) is 10.5. The number of para-hydroxylation sites is 1. The zero-order chi connectivity index (χ0) is 23.8. The van der Waals surface area contributed by atoms with Gasteiger partial charge in [-0.05, 0) is 54.8 Å². The Labute approximate surface area is 201 Å². The van der Waals surface area contributed by atoms with Gasteiger partial charge in [-0.2, -0.15) is 0 Å². The minimum absolute atomic E-state index is 0.0167. The first-order chi connectivity index (χ1) is 16.7. The van der Waals surface area contributed by atoms with E-state index in [-0.39, 0.29) is 6.61 Å². The van der Waals surface area contributed by atoms with E-state index in [1.807, 2.05) is 36.6 Å². The van der Waals surface area contributed by atoms with Gasteiger partial charge in [0.2, 0.25) is 0 Å². The van der Waals surface area contributed by atoms with Gasteiger partial charge in [0, 0.05) is 35.8 Å². The maximum absolute atomic E-state index is 12.2. The second kappa shape index (κ2) is 11.3. The molecule has 0 saturated carbocycles. The molecule has 2 aromatic heterocycles. The van der Waals surface area contributed by atoms with Gasteiger partial charge in [0.05, 0.1) is 17.2 Å². The van der Waals surface area contributed by atoms with E-state index in [0.29, 0.717) is 29.6 Å². The van der Waals surface area contributed by atoms with Crippen LogP contribution in [0.1, 0.15) is 0 Å². The topological polar surface area (TPSA) is 109 Å². The maximum atomic E-state index is 12.2. The number of carbonyl (C=O) groups is 1. The van der Waals surface area contributed by atoms with Crippen LogP contribution in [0.5, 0.6) is 5.75 Å². The number of benzene rings is 2. The Hall–Kier alpha value is -3.95. The average molecular weight is 474 g/mol. The van der Waals surface area contributed by atoms with Crippen LogP contribution >= 0.6 is 11.8 Å². The predicted molar refractivity (Wildman–Crippen MR) is 134 cm³/mol. The van der Waals surface area contributed by atoms with Gasteiger partial charge in [0.15, 0.2) is 5.82 Å². The van der Waals surface area contributed by atoms with E-state index >= 15 is 0 Å². The Kier molecular flexibility index (Phi) is 7.69. The van der Waals surface area contributed by atoms with E-state index in [1.54, 1.807) is 48.8 Å². The zero-order valence-corrected chi connectivity index (χ0v) is 19.2. The minimum Gasteiger partial charge on any atom is -0.410 e. The van der Waals surface area contributed by atoms with Crippen LogP contribution in [0, 0.1) is 0 Å². The molecule has 0 radical (unpaired) electrons. The van der Waals surface area contributed by atoms with Gasteiger partial charge >= 0.3 is 6.09 Å². The van der Waals surface area contributed by atoms with Gasteiger partial charge in [-0.15, -0.1) is 11.8 Å². The van der Waals surface area contributed by atoms with Crippen LogP contribution in [0.15, 0.2) is 84.0 Å². The molecular formula is C25H23N5O3S. The highest BCUT2D eigenvalue weighted by Gasteiger charge is 2.17. The lowest BCUT2D eigenvalue weighted by Gasteiger charge is -2.15. The van der Waals surface area contributed by atoms with Crippen molar-refractivity contribution >= 4 is 29.4 Å². The fourth-order valence-corrected chi connectivity index (χ4v) is 3.88. The molecule has 0 aliphatic carbocycles. The first kappa shape index (κ1) is 23.2. The van der Waals surface area contributed by atoms with Crippen LogP contribution in [-0.2, 0) is 0 Å². The van der Waals surface area contributed by atoms with E-state index in [4.69, 9.17) is 14.7 Å². The van der Waals surface area contributed by atoms with Crippen molar-refractivity contribution in [3.63, 3.8) is 0 Å². The number of hydrogen-bond acceptors (Lipinski definition) is 8. The summed E-state index contributed by atoms with van der Waals surface area (Å²) >= 11 is 1.53. The van der Waals surface area contributed by atoms with Crippen molar-refractivity contribution in [2.24, 2.45) is 0 Å². The Morgan fingerprint density at radius 3 is 2.38 bits per heavy atom. The highest BCUT2D eigenvalue weighted by atomic mass is 32.2. The molecule has 8 nitrogen and oxygen atoms in total. The van der Waals surface area contributed by atoms with E-state index in [1.165, 1.54) is 11.8 Å². The van der Waals surface area contributed by atoms with E-state index in [9.17, 15) is 9.90 Å². The fraction of sp³-hybridized carbons (Fsp3) is 0.120. The van der Waals surface area contributed by atoms with Crippen LogP contribution in [-0.4, -0.2) is 45.6 Å². The van der Waals surface area contributed by atoms with E-state index in [2.05, 4.69) is 15.6 Å². The molecule has 0 aliphatic heterocycles. The van der Waals surface area contributed by atoms with Crippen molar-refractivity contribution in [2.75, 3.05) is 30.0 Å². The Bertz CT molecular complexity index is 1240. The number of rotatable bonds is 8. The number of carbonyl (C=O) groups excluding carboxylic acids is 1. The molecule has 172 valence electrons. The molecule has 2 aromatic carbocycles. The molecule has 34 heavy (non-hydrogen) atoms. The van der Waals surface area contributed by atoms with Crippen molar-refractivity contribution in [1.82, 2.24) is 15.0 Å².